The second kappa shape index (κ2) is 7.70. The van der Waals surface area contributed by atoms with Crippen LogP contribution in [0.4, 0.5) is 4.79 Å². The Kier molecular flexibility index (Phi) is 6.95. The third-order valence-corrected chi connectivity index (χ3v) is 1.73. The van der Waals surface area contributed by atoms with Crippen LogP contribution in [0.2, 0.25) is 0 Å². The van der Waals surface area contributed by atoms with Crippen molar-refractivity contribution in [1.82, 2.24) is 9.80 Å². The molecule has 0 spiro atoms. The molecule has 92 valence electrons. The molecule has 0 aliphatic rings. The number of amides is 1. The summed E-state index contributed by atoms with van der Waals surface area (Å²) in [6.45, 7) is 4.02. The Morgan fingerprint density at radius 3 is 2.44 bits per heavy atom. The minimum atomic E-state index is -1.06. The van der Waals surface area contributed by atoms with Crippen molar-refractivity contribution in [2.45, 2.75) is 0 Å². The van der Waals surface area contributed by atoms with Gasteiger partial charge in [0.25, 0.3) is 0 Å². The summed E-state index contributed by atoms with van der Waals surface area (Å²) < 4.78 is 4.77. The van der Waals surface area contributed by atoms with Gasteiger partial charge in [0.2, 0.25) is 0 Å². The van der Waals surface area contributed by atoms with Crippen LogP contribution in [0.5, 0.6) is 0 Å². The smallest absolute Gasteiger partial charge is 0.410 e. The second-order valence-electron chi connectivity index (χ2n) is 3.48. The molecule has 0 aromatic heterocycles. The summed E-state index contributed by atoms with van der Waals surface area (Å²) in [5.74, 6) is -1.06. The van der Waals surface area contributed by atoms with Gasteiger partial charge < -0.3 is 14.7 Å². The van der Waals surface area contributed by atoms with Crippen molar-refractivity contribution in [2.24, 2.45) is 0 Å². The Morgan fingerprint density at radius 1 is 1.38 bits per heavy atom. The maximum Gasteiger partial charge on any atom is 0.410 e. The predicted octanol–water partition coefficient (Wildman–Crippen LogP) is 0.257. The molecule has 0 aliphatic heterocycles. The number of carbonyl (C=O) groups excluding carboxylic acids is 1. The van der Waals surface area contributed by atoms with Crippen LogP contribution >= 0.6 is 0 Å². The lowest BCUT2D eigenvalue weighted by molar-refractivity contribution is -0.138. The molecule has 0 aromatic rings. The summed E-state index contributed by atoms with van der Waals surface area (Å²) in [5.41, 5.74) is 0. The number of aliphatic carboxylic acids is 1. The summed E-state index contributed by atoms with van der Waals surface area (Å²) in [7, 11) is 3.68. The molecule has 0 saturated carbocycles. The van der Waals surface area contributed by atoms with E-state index in [9.17, 15) is 9.59 Å². The first-order chi connectivity index (χ1) is 7.47. The van der Waals surface area contributed by atoms with Crippen LogP contribution in [0.1, 0.15) is 0 Å². The van der Waals surface area contributed by atoms with Crippen LogP contribution in [-0.4, -0.2) is 67.3 Å². The van der Waals surface area contributed by atoms with E-state index in [1.54, 1.807) is 0 Å². The van der Waals surface area contributed by atoms with Crippen molar-refractivity contribution >= 4 is 12.1 Å². The topological polar surface area (TPSA) is 70.1 Å². The van der Waals surface area contributed by atoms with E-state index in [2.05, 4.69) is 6.58 Å². The van der Waals surface area contributed by atoms with Crippen molar-refractivity contribution in [3.63, 3.8) is 0 Å². The van der Waals surface area contributed by atoms with E-state index < -0.39 is 12.1 Å². The van der Waals surface area contributed by atoms with Gasteiger partial charge in [0.05, 0.1) is 0 Å². The van der Waals surface area contributed by atoms with Gasteiger partial charge in [-0.1, -0.05) is 12.7 Å². The normalized spacial score (nSPS) is 9.94. The van der Waals surface area contributed by atoms with E-state index in [1.807, 2.05) is 19.0 Å². The Hall–Kier alpha value is -1.56. The molecule has 0 radical (unpaired) electrons. The molecule has 0 aliphatic carbocycles. The van der Waals surface area contributed by atoms with Crippen LogP contribution in [0.25, 0.3) is 0 Å². The van der Waals surface area contributed by atoms with Crippen molar-refractivity contribution in [2.75, 3.05) is 40.3 Å². The minimum Gasteiger partial charge on any atom is -0.480 e. The highest BCUT2D eigenvalue weighted by Gasteiger charge is 2.17. The van der Waals surface area contributed by atoms with Crippen LogP contribution in [-0.2, 0) is 9.53 Å². The molecule has 0 unspecified atom stereocenters. The van der Waals surface area contributed by atoms with E-state index in [-0.39, 0.29) is 13.2 Å². The standard InChI is InChI=1S/C10H18N2O4/c1-4-7-16-10(15)12(8-9(13)14)6-5-11(2)3/h4H,1,5-8H2,2-3H3,(H,13,14). The number of nitrogens with zero attached hydrogens (tertiary/aromatic N) is 2. The number of hydrogen-bond donors (Lipinski definition) is 1. The summed E-state index contributed by atoms with van der Waals surface area (Å²) in [5, 5.41) is 8.64. The van der Waals surface area contributed by atoms with Crippen LogP contribution in [0, 0.1) is 0 Å². The number of hydrogen-bond acceptors (Lipinski definition) is 4. The van der Waals surface area contributed by atoms with Gasteiger partial charge in [-0.3, -0.25) is 9.69 Å². The number of rotatable bonds is 7. The summed E-state index contributed by atoms with van der Waals surface area (Å²) in [6, 6.07) is 0. The van der Waals surface area contributed by atoms with Crippen molar-refractivity contribution < 1.29 is 19.4 Å². The number of carbonyl (C=O) groups is 2. The fourth-order valence-electron chi connectivity index (χ4n) is 0.940. The highest BCUT2D eigenvalue weighted by Crippen LogP contribution is 1.95. The molecule has 0 aromatic carbocycles. The fraction of sp³-hybridized carbons (Fsp3) is 0.600. The molecule has 0 saturated heterocycles. The van der Waals surface area contributed by atoms with Gasteiger partial charge in [0.1, 0.15) is 13.2 Å². The highest BCUT2D eigenvalue weighted by molar-refractivity contribution is 5.76. The number of likely N-dealkylation sites (N-methyl/N-ethyl adjacent to an activating group) is 1. The van der Waals surface area contributed by atoms with Crippen molar-refractivity contribution in [3.8, 4) is 0 Å². The van der Waals surface area contributed by atoms with Gasteiger partial charge in [-0.25, -0.2) is 4.79 Å². The van der Waals surface area contributed by atoms with Gasteiger partial charge in [0.15, 0.2) is 0 Å². The Bertz CT molecular complexity index is 253. The average Bonchev–Trinajstić information content (AvgIpc) is 2.19. The minimum absolute atomic E-state index is 0.0803. The van der Waals surface area contributed by atoms with Gasteiger partial charge in [-0.15, -0.1) is 0 Å². The number of carboxylic acids is 1. The molecule has 1 N–H and O–H groups in total. The zero-order chi connectivity index (χ0) is 12.6. The van der Waals surface area contributed by atoms with E-state index in [0.29, 0.717) is 13.1 Å². The van der Waals surface area contributed by atoms with Crippen LogP contribution in [0.3, 0.4) is 0 Å². The average molecular weight is 230 g/mol. The molecular formula is C10H18N2O4. The van der Waals surface area contributed by atoms with Gasteiger partial charge >= 0.3 is 12.1 Å². The zero-order valence-corrected chi connectivity index (χ0v) is 9.68. The van der Waals surface area contributed by atoms with Crippen LogP contribution < -0.4 is 0 Å². The van der Waals surface area contributed by atoms with Crippen molar-refractivity contribution in [1.29, 1.82) is 0 Å². The first-order valence-electron chi connectivity index (χ1n) is 4.86. The molecule has 0 fully saturated rings. The Balaban J connectivity index is 4.22. The zero-order valence-electron chi connectivity index (χ0n) is 9.68. The largest absolute Gasteiger partial charge is 0.480 e. The monoisotopic (exact) mass is 230 g/mol. The Labute approximate surface area is 95.1 Å². The lowest BCUT2D eigenvalue weighted by Gasteiger charge is -2.21. The summed E-state index contributed by atoms with van der Waals surface area (Å²) in [6.07, 6.45) is 0.798. The third-order valence-electron chi connectivity index (χ3n) is 1.73. The molecule has 0 atom stereocenters. The molecule has 1 amide bonds. The molecule has 0 rings (SSSR count). The van der Waals surface area contributed by atoms with Gasteiger partial charge in [-0.2, -0.15) is 0 Å². The lowest BCUT2D eigenvalue weighted by atomic mass is 10.4. The molecule has 0 bridgehead atoms. The van der Waals surface area contributed by atoms with E-state index in [0.717, 1.165) is 4.90 Å². The van der Waals surface area contributed by atoms with Gasteiger partial charge in [0, 0.05) is 13.1 Å². The highest BCUT2D eigenvalue weighted by atomic mass is 16.6. The lowest BCUT2D eigenvalue weighted by Crippen LogP contribution is -2.40. The molecular weight excluding hydrogens is 212 g/mol. The summed E-state index contributed by atoms with van der Waals surface area (Å²) in [4.78, 5) is 25.0. The maximum atomic E-state index is 11.4. The van der Waals surface area contributed by atoms with E-state index >= 15 is 0 Å². The SMILES string of the molecule is C=CCOC(=O)N(CCN(C)C)CC(=O)O. The van der Waals surface area contributed by atoms with Crippen molar-refractivity contribution in [3.05, 3.63) is 12.7 Å². The first kappa shape index (κ1) is 14.4. The predicted molar refractivity (Wildman–Crippen MR) is 59.3 cm³/mol. The molecule has 6 heteroatoms. The van der Waals surface area contributed by atoms with E-state index in [1.165, 1.54) is 6.08 Å². The van der Waals surface area contributed by atoms with Crippen LogP contribution in [0.15, 0.2) is 12.7 Å². The van der Waals surface area contributed by atoms with Gasteiger partial charge in [-0.05, 0) is 14.1 Å². The fourth-order valence-corrected chi connectivity index (χ4v) is 0.940. The number of ether oxygens (including phenoxy) is 1. The third kappa shape index (κ3) is 6.83. The molecule has 0 heterocycles. The first-order valence-corrected chi connectivity index (χ1v) is 4.86. The molecule has 16 heavy (non-hydrogen) atoms. The molecule has 6 nitrogen and oxygen atoms in total. The Morgan fingerprint density at radius 2 is 2.00 bits per heavy atom. The summed E-state index contributed by atoms with van der Waals surface area (Å²) >= 11 is 0. The quantitative estimate of drug-likeness (QED) is 0.635. The van der Waals surface area contributed by atoms with E-state index in [4.69, 9.17) is 9.84 Å². The number of carboxylic acid groups (broad SMARTS) is 1. The second-order valence-corrected chi connectivity index (χ2v) is 3.48. The maximum absolute atomic E-state index is 11.4.